The predicted molar refractivity (Wildman–Crippen MR) is 83.4 cm³/mol. The Labute approximate surface area is 140 Å². The van der Waals surface area contributed by atoms with Gasteiger partial charge in [0, 0.05) is 10.9 Å². The van der Waals surface area contributed by atoms with Crippen molar-refractivity contribution in [2.24, 2.45) is 0 Å². The van der Waals surface area contributed by atoms with Crippen LogP contribution in [0.2, 0.25) is 0 Å². The maximum Gasteiger partial charge on any atom is 0.387 e. The molecule has 0 radical (unpaired) electrons. The van der Waals surface area contributed by atoms with Crippen molar-refractivity contribution in [3.05, 3.63) is 29.6 Å². The Morgan fingerprint density at radius 3 is 2.79 bits per heavy atom. The van der Waals surface area contributed by atoms with E-state index >= 15 is 0 Å². The second-order valence-corrected chi connectivity index (χ2v) is 5.72. The highest BCUT2D eigenvalue weighted by Crippen LogP contribution is 2.27. The van der Waals surface area contributed by atoms with Crippen LogP contribution in [0.25, 0.3) is 11.3 Å². The molecule has 1 saturated heterocycles. The van der Waals surface area contributed by atoms with Crippen molar-refractivity contribution < 1.29 is 27.8 Å². The van der Waals surface area contributed by atoms with Crippen molar-refractivity contribution >= 4 is 22.4 Å². The lowest BCUT2D eigenvalue weighted by Crippen LogP contribution is -2.39. The van der Waals surface area contributed by atoms with Crippen LogP contribution < -0.4 is 10.1 Å². The third kappa shape index (κ3) is 4.25. The van der Waals surface area contributed by atoms with Crippen LogP contribution in [-0.2, 0) is 14.3 Å². The van der Waals surface area contributed by atoms with E-state index in [1.54, 1.807) is 17.5 Å². The van der Waals surface area contributed by atoms with E-state index < -0.39 is 12.7 Å². The topological polar surface area (TPSA) is 69.7 Å². The van der Waals surface area contributed by atoms with Gasteiger partial charge in [-0.25, -0.2) is 4.98 Å². The molecule has 1 aromatic carbocycles. The van der Waals surface area contributed by atoms with Crippen LogP contribution in [0, 0.1) is 0 Å². The summed E-state index contributed by atoms with van der Waals surface area (Å²) in [6.07, 6.45) is -0.642. The van der Waals surface area contributed by atoms with E-state index in [1.807, 2.05) is 0 Å². The quantitative estimate of drug-likeness (QED) is 0.892. The van der Waals surface area contributed by atoms with E-state index in [0.717, 1.165) is 5.56 Å². The Balaban J connectivity index is 1.63. The number of hydrogen-bond acceptors (Lipinski definition) is 6. The number of amides is 1. The van der Waals surface area contributed by atoms with E-state index in [2.05, 4.69) is 15.0 Å². The molecule has 1 aliphatic rings. The smallest absolute Gasteiger partial charge is 0.387 e. The molecule has 0 saturated carbocycles. The number of carbonyl (C=O) groups is 1. The van der Waals surface area contributed by atoms with Crippen molar-refractivity contribution in [1.29, 1.82) is 0 Å². The number of benzene rings is 1. The van der Waals surface area contributed by atoms with Gasteiger partial charge < -0.3 is 14.2 Å². The second-order valence-electron chi connectivity index (χ2n) is 4.86. The summed E-state index contributed by atoms with van der Waals surface area (Å²) in [5.41, 5.74) is 1.35. The first-order valence-corrected chi connectivity index (χ1v) is 8.01. The van der Waals surface area contributed by atoms with Crippen molar-refractivity contribution in [1.82, 2.24) is 4.98 Å². The van der Waals surface area contributed by atoms with E-state index in [4.69, 9.17) is 9.47 Å². The number of hydrogen-bond donors (Lipinski definition) is 1. The molecule has 1 fully saturated rings. The number of nitrogens with zero attached hydrogens (tertiary/aromatic N) is 1. The molecule has 1 atom stereocenters. The molecule has 24 heavy (non-hydrogen) atoms. The Kier molecular flexibility index (Phi) is 5.34. The molecule has 0 spiro atoms. The molecule has 9 heteroatoms. The van der Waals surface area contributed by atoms with Gasteiger partial charge in [-0.3, -0.25) is 10.1 Å². The molecule has 2 heterocycles. The van der Waals surface area contributed by atoms with E-state index in [0.29, 0.717) is 24.0 Å². The van der Waals surface area contributed by atoms with Gasteiger partial charge in [-0.15, -0.1) is 11.3 Å². The van der Waals surface area contributed by atoms with E-state index in [9.17, 15) is 13.6 Å². The molecule has 1 amide bonds. The molecule has 1 aliphatic heterocycles. The lowest BCUT2D eigenvalue weighted by molar-refractivity contribution is -0.142. The summed E-state index contributed by atoms with van der Waals surface area (Å²) in [6, 6.07) is 6.12. The first kappa shape index (κ1) is 16.7. The largest absolute Gasteiger partial charge is 0.435 e. The zero-order valence-corrected chi connectivity index (χ0v) is 13.2. The Morgan fingerprint density at radius 1 is 1.33 bits per heavy atom. The van der Waals surface area contributed by atoms with Gasteiger partial charge in [0.15, 0.2) is 11.2 Å². The summed E-state index contributed by atoms with van der Waals surface area (Å²) < 4.78 is 39.1. The third-order valence-electron chi connectivity index (χ3n) is 3.22. The third-order valence-corrected chi connectivity index (χ3v) is 3.98. The van der Waals surface area contributed by atoms with Crippen LogP contribution in [0.15, 0.2) is 29.6 Å². The standard InChI is InChI=1S/C15H14F2N2O4S/c16-14(17)23-10-3-1-9(2-4-10)11-8-24-15(18-11)19-13(20)12-7-21-5-6-22-12/h1-4,8,12,14H,5-7H2,(H,18,19,20). The second kappa shape index (κ2) is 7.65. The minimum absolute atomic E-state index is 0.0759. The number of carbonyl (C=O) groups excluding carboxylic acids is 1. The van der Waals surface area contributed by atoms with Crippen LogP contribution >= 0.6 is 11.3 Å². The van der Waals surface area contributed by atoms with Crippen LogP contribution in [-0.4, -0.2) is 43.4 Å². The summed E-state index contributed by atoms with van der Waals surface area (Å²) in [7, 11) is 0. The van der Waals surface area contributed by atoms with Crippen molar-refractivity contribution in [3.8, 4) is 17.0 Å². The summed E-state index contributed by atoms with van der Waals surface area (Å²) >= 11 is 1.26. The highest BCUT2D eigenvalue weighted by Gasteiger charge is 2.23. The maximum atomic E-state index is 12.1. The van der Waals surface area contributed by atoms with Crippen LogP contribution in [0.3, 0.4) is 0 Å². The molecule has 1 aromatic heterocycles. The van der Waals surface area contributed by atoms with Gasteiger partial charge in [0.05, 0.1) is 25.5 Å². The lowest BCUT2D eigenvalue weighted by Gasteiger charge is -2.21. The van der Waals surface area contributed by atoms with Gasteiger partial charge >= 0.3 is 6.61 Å². The molecule has 128 valence electrons. The number of aromatic nitrogens is 1. The summed E-state index contributed by atoms with van der Waals surface area (Å²) in [4.78, 5) is 16.3. The number of ether oxygens (including phenoxy) is 3. The summed E-state index contributed by atoms with van der Waals surface area (Å²) in [6.45, 7) is -1.77. The van der Waals surface area contributed by atoms with Gasteiger partial charge in [0.1, 0.15) is 5.75 Å². The maximum absolute atomic E-state index is 12.1. The summed E-state index contributed by atoms with van der Waals surface area (Å²) in [5.74, 6) is -0.233. The molecular formula is C15H14F2N2O4S. The first-order chi connectivity index (χ1) is 11.6. The molecule has 6 nitrogen and oxygen atoms in total. The molecule has 1 unspecified atom stereocenters. The zero-order chi connectivity index (χ0) is 16.9. The predicted octanol–water partition coefficient (Wildman–Crippen LogP) is 2.77. The number of halogens is 2. The van der Waals surface area contributed by atoms with Gasteiger partial charge in [-0.2, -0.15) is 8.78 Å². The van der Waals surface area contributed by atoms with Gasteiger partial charge in [0.2, 0.25) is 0 Å². The Hall–Kier alpha value is -2.10. The highest BCUT2D eigenvalue weighted by molar-refractivity contribution is 7.14. The Bertz CT molecular complexity index is 687. The van der Waals surface area contributed by atoms with Gasteiger partial charge in [0.25, 0.3) is 5.91 Å². The molecule has 1 N–H and O–H groups in total. The van der Waals surface area contributed by atoms with Crippen LogP contribution in [0.4, 0.5) is 13.9 Å². The number of thiazole rings is 1. The van der Waals surface area contributed by atoms with E-state index in [-0.39, 0.29) is 18.3 Å². The fraction of sp³-hybridized carbons (Fsp3) is 0.333. The zero-order valence-electron chi connectivity index (χ0n) is 12.4. The molecule has 0 aliphatic carbocycles. The molecular weight excluding hydrogens is 342 g/mol. The number of anilines is 1. The molecule has 0 bridgehead atoms. The molecule has 3 rings (SSSR count). The first-order valence-electron chi connectivity index (χ1n) is 7.13. The average Bonchev–Trinajstić information content (AvgIpc) is 3.04. The number of alkyl halides is 2. The van der Waals surface area contributed by atoms with Crippen molar-refractivity contribution in [2.75, 3.05) is 25.1 Å². The van der Waals surface area contributed by atoms with Crippen LogP contribution in [0.1, 0.15) is 0 Å². The van der Waals surface area contributed by atoms with E-state index in [1.165, 1.54) is 23.5 Å². The fourth-order valence-electron chi connectivity index (χ4n) is 2.10. The normalized spacial score (nSPS) is 17.7. The van der Waals surface area contributed by atoms with Gasteiger partial charge in [-0.05, 0) is 24.3 Å². The lowest BCUT2D eigenvalue weighted by atomic mass is 10.2. The minimum atomic E-state index is -2.86. The van der Waals surface area contributed by atoms with Crippen LogP contribution in [0.5, 0.6) is 5.75 Å². The monoisotopic (exact) mass is 356 g/mol. The SMILES string of the molecule is O=C(Nc1nc(-c2ccc(OC(F)F)cc2)cs1)C1COCCO1. The fourth-order valence-corrected chi connectivity index (χ4v) is 2.82. The minimum Gasteiger partial charge on any atom is -0.435 e. The van der Waals surface area contributed by atoms with Crippen molar-refractivity contribution in [2.45, 2.75) is 12.7 Å². The van der Waals surface area contributed by atoms with Gasteiger partial charge in [-0.1, -0.05) is 0 Å². The number of rotatable bonds is 5. The average molecular weight is 356 g/mol. The summed E-state index contributed by atoms with van der Waals surface area (Å²) in [5, 5.41) is 4.87. The molecule has 2 aromatic rings. The van der Waals surface area contributed by atoms with Crippen molar-refractivity contribution in [3.63, 3.8) is 0 Å². The Morgan fingerprint density at radius 2 is 2.12 bits per heavy atom. The number of nitrogens with one attached hydrogen (secondary N) is 1. The highest BCUT2D eigenvalue weighted by atomic mass is 32.1.